The molecule has 2 aromatic carbocycles. The monoisotopic (exact) mass is 269 g/mol. The summed E-state index contributed by atoms with van der Waals surface area (Å²) in [5, 5.41) is 9.01. The van der Waals surface area contributed by atoms with Crippen molar-refractivity contribution >= 4 is 11.7 Å². The first-order chi connectivity index (χ1) is 9.56. The number of aromatic carboxylic acids is 1. The van der Waals surface area contributed by atoms with Gasteiger partial charge in [0.2, 0.25) is 0 Å². The van der Waals surface area contributed by atoms with Gasteiger partial charge in [0, 0.05) is 19.3 Å². The minimum atomic E-state index is -0.890. The molecule has 0 radical (unpaired) electrons. The van der Waals surface area contributed by atoms with Crippen LogP contribution in [-0.4, -0.2) is 24.7 Å². The van der Waals surface area contributed by atoms with Gasteiger partial charge in [-0.3, -0.25) is 0 Å². The van der Waals surface area contributed by atoms with E-state index in [-0.39, 0.29) is 0 Å². The Labute approximate surface area is 119 Å². The van der Waals surface area contributed by atoms with Crippen LogP contribution in [0.15, 0.2) is 48.5 Å². The molecule has 0 saturated heterocycles. The largest absolute Gasteiger partial charge is 0.478 e. The van der Waals surface area contributed by atoms with Crippen molar-refractivity contribution in [2.45, 2.75) is 13.3 Å². The Morgan fingerprint density at radius 1 is 1.15 bits per heavy atom. The van der Waals surface area contributed by atoms with E-state index in [0.29, 0.717) is 5.56 Å². The molecule has 0 aromatic heterocycles. The number of rotatable bonds is 5. The van der Waals surface area contributed by atoms with Crippen molar-refractivity contribution in [2.24, 2.45) is 0 Å². The molecule has 0 saturated carbocycles. The minimum absolute atomic E-state index is 0.324. The Bertz CT molecular complexity index is 590. The van der Waals surface area contributed by atoms with Gasteiger partial charge < -0.3 is 10.0 Å². The zero-order valence-electron chi connectivity index (χ0n) is 11.8. The summed E-state index contributed by atoms with van der Waals surface area (Å²) in [5.41, 5.74) is 3.80. The second kappa shape index (κ2) is 6.24. The highest BCUT2D eigenvalue weighted by Gasteiger charge is 2.06. The summed E-state index contributed by atoms with van der Waals surface area (Å²) in [6, 6.07) is 15.5. The molecule has 1 N–H and O–H groups in total. The van der Waals surface area contributed by atoms with Gasteiger partial charge in [0.15, 0.2) is 0 Å². The Morgan fingerprint density at radius 2 is 1.85 bits per heavy atom. The van der Waals surface area contributed by atoms with Crippen LogP contribution in [0.5, 0.6) is 0 Å². The van der Waals surface area contributed by atoms with Crippen molar-refractivity contribution in [1.29, 1.82) is 0 Å². The first kappa shape index (κ1) is 14.1. The molecule has 0 spiro atoms. The van der Waals surface area contributed by atoms with Gasteiger partial charge in [-0.15, -0.1) is 0 Å². The van der Waals surface area contributed by atoms with Crippen molar-refractivity contribution in [3.63, 3.8) is 0 Å². The highest BCUT2D eigenvalue weighted by molar-refractivity contribution is 5.88. The van der Waals surface area contributed by atoms with Gasteiger partial charge in [-0.1, -0.05) is 35.9 Å². The summed E-state index contributed by atoms with van der Waals surface area (Å²) >= 11 is 0. The molecule has 0 aliphatic carbocycles. The Morgan fingerprint density at radius 3 is 2.50 bits per heavy atom. The van der Waals surface area contributed by atoms with Gasteiger partial charge in [0.05, 0.1) is 5.56 Å². The number of aryl methyl sites for hydroxylation is 1. The second-order valence-electron chi connectivity index (χ2n) is 5.01. The second-order valence-corrected chi connectivity index (χ2v) is 5.01. The lowest BCUT2D eigenvalue weighted by Crippen LogP contribution is -2.20. The first-order valence-electron chi connectivity index (χ1n) is 6.66. The molecule has 0 amide bonds. The van der Waals surface area contributed by atoms with Crippen LogP contribution >= 0.6 is 0 Å². The molecular formula is C17H19NO2. The number of hydrogen-bond donors (Lipinski definition) is 1. The number of hydrogen-bond acceptors (Lipinski definition) is 2. The predicted molar refractivity (Wildman–Crippen MR) is 81.6 cm³/mol. The Kier molecular flexibility index (Phi) is 4.41. The minimum Gasteiger partial charge on any atom is -0.478 e. The maximum atomic E-state index is 11.0. The molecule has 104 valence electrons. The number of anilines is 1. The molecule has 2 aromatic rings. The SMILES string of the molecule is Cc1ccc(CCN(C)c2cccc(C(=O)O)c2)cc1. The molecule has 0 atom stereocenters. The lowest BCUT2D eigenvalue weighted by atomic mass is 10.1. The number of carboxylic acids is 1. The lowest BCUT2D eigenvalue weighted by molar-refractivity contribution is 0.0697. The first-order valence-corrected chi connectivity index (χ1v) is 6.66. The van der Waals surface area contributed by atoms with Crippen LogP contribution in [0, 0.1) is 6.92 Å². The van der Waals surface area contributed by atoms with E-state index in [1.165, 1.54) is 11.1 Å². The normalized spacial score (nSPS) is 10.3. The van der Waals surface area contributed by atoms with Crippen LogP contribution in [0.3, 0.4) is 0 Å². The summed E-state index contributed by atoms with van der Waals surface area (Å²) in [4.78, 5) is 13.0. The third-order valence-corrected chi connectivity index (χ3v) is 3.39. The maximum Gasteiger partial charge on any atom is 0.335 e. The maximum absolute atomic E-state index is 11.0. The van der Waals surface area contributed by atoms with Crippen molar-refractivity contribution in [1.82, 2.24) is 0 Å². The van der Waals surface area contributed by atoms with Crippen LogP contribution in [0.4, 0.5) is 5.69 Å². The number of nitrogens with zero attached hydrogens (tertiary/aromatic N) is 1. The average Bonchev–Trinajstić information content (AvgIpc) is 2.46. The van der Waals surface area contributed by atoms with E-state index in [9.17, 15) is 4.79 Å². The fraction of sp³-hybridized carbons (Fsp3) is 0.235. The summed E-state index contributed by atoms with van der Waals surface area (Å²) in [6.45, 7) is 2.93. The summed E-state index contributed by atoms with van der Waals surface area (Å²) in [5.74, 6) is -0.890. The smallest absolute Gasteiger partial charge is 0.335 e. The Balaban J connectivity index is 2.01. The molecule has 20 heavy (non-hydrogen) atoms. The average molecular weight is 269 g/mol. The highest BCUT2D eigenvalue weighted by Crippen LogP contribution is 2.15. The molecule has 2 rings (SSSR count). The molecule has 0 aliphatic rings. The van der Waals surface area contributed by atoms with E-state index < -0.39 is 5.97 Å². The summed E-state index contributed by atoms with van der Waals surface area (Å²) in [6.07, 6.45) is 0.939. The van der Waals surface area contributed by atoms with Crippen molar-refractivity contribution in [3.05, 3.63) is 65.2 Å². The third-order valence-electron chi connectivity index (χ3n) is 3.39. The number of carbonyl (C=O) groups is 1. The third kappa shape index (κ3) is 3.60. The zero-order chi connectivity index (χ0) is 14.5. The Hall–Kier alpha value is -2.29. The molecular weight excluding hydrogens is 250 g/mol. The van der Waals surface area contributed by atoms with E-state index >= 15 is 0 Å². The molecule has 0 heterocycles. The fourth-order valence-corrected chi connectivity index (χ4v) is 2.06. The van der Waals surface area contributed by atoms with Gasteiger partial charge >= 0.3 is 5.97 Å². The zero-order valence-corrected chi connectivity index (χ0v) is 11.8. The van der Waals surface area contributed by atoms with E-state index in [2.05, 4.69) is 36.1 Å². The molecule has 3 nitrogen and oxygen atoms in total. The van der Waals surface area contributed by atoms with E-state index in [1.807, 2.05) is 13.1 Å². The standard InChI is InChI=1S/C17H19NO2/c1-13-6-8-14(9-7-13)10-11-18(2)16-5-3-4-15(12-16)17(19)20/h3-9,12H,10-11H2,1-2H3,(H,19,20). The van der Waals surface area contributed by atoms with Crippen LogP contribution in [0.25, 0.3) is 0 Å². The van der Waals surface area contributed by atoms with Crippen molar-refractivity contribution in [3.8, 4) is 0 Å². The van der Waals surface area contributed by atoms with E-state index in [4.69, 9.17) is 5.11 Å². The van der Waals surface area contributed by atoms with Crippen LogP contribution < -0.4 is 4.90 Å². The van der Waals surface area contributed by atoms with Gasteiger partial charge in [-0.05, 0) is 37.1 Å². The van der Waals surface area contributed by atoms with Crippen LogP contribution in [0.2, 0.25) is 0 Å². The van der Waals surface area contributed by atoms with E-state index in [1.54, 1.807) is 18.2 Å². The molecule has 3 heteroatoms. The van der Waals surface area contributed by atoms with E-state index in [0.717, 1.165) is 18.7 Å². The molecule has 0 fully saturated rings. The topological polar surface area (TPSA) is 40.5 Å². The summed E-state index contributed by atoms with van der Waals surface area (Å²) < 4.78 is 0. The molecule has 0 bridgehead atoms. The van der Waals surface area contributed by atoms with Crippen LogP contribution in [-0.2, 0) is 6.42 Å². The van der Waals surface area contributed by atoms with Crippen LogP contribution in [0.1, 0.15) is 21.5 Å². The van der Waals surface area contributed by atoms with Gasteiger partial charge in [-0.2, -0.15) is 0 Å². The summed E-state index contributed by atoms with van der Waals surface area (Å²) in [7, 11) is 1.98. The molecule has 0 aliphatic heterocycles. The van der Waals surface area contributed by atoms with Crippen molar-refractivity contribution < 1.29 is 9.90 Å². The fourth-order valence-electron chi connectivity index (χ4n) is 2.06. The predicted octanol–water partition coefficient (Wildman–Crippen LogP) is 3.37. The van der Waals surface area contributed by atoms with Gasteiger partial charge in [0.1, 0.15) is 0 Å². The lowest BCUT2D eigenvalue weighted by Gasteiger charge is -2.19. The van der Waals surface area contributed by atoms with Gasteiger partial charge in [-0.25, -0.2) is 4.79 Å². The highest BCUT2D eigenvalue weighted by atomic mass is 16.4. The number of benzene rings is 2. The van der Waals surface area contributed by atoms with Gasteiger partial charge in [0.25, 0.3) is 0 Å². The quantitative estimate of drug-likeness (QED) is 0.904. The molecule has 0 unspecified atom stereocenters. The number of likely N-dealkylation sites (N-methyl/N-ethyl adjacent to an activating group) is 1. The number of carboxylic acid groups (broad SMARTS) is 1. The van der Waals surface area contributed by atoms with Crippen molar-refractivity contribution in [2.75, 3.05) is 18.5 Å².